The van der Waals surface area contributed by atoms with E-state index in [0.29, 0.717) is 6.04 Å². The largest absolute Gasteiger partial charge is 0.444 e. The van der Waals surface area contributed by atoms with Crippen LogP contribution in [0.1, 0.15) is 50.6 Å². The molecule has 3 unspecified atom stereocenters. The molecule has 5 rings (SSSR count). The minimum atomic E-state index is -0.824. The fourth-order valence-electron chi connectivity index (χ4n) is 4.53. The molecule has 2 saturated carbocycles. The third-order valence-corrected chi connectivity index (χ3v) is 5.97. The number of benzene rings is 2. The maximum absolute atomic E-state index is 13.1. The van der Waals surface area contributed by atoms with Gasteiger partial charge in [-0.15, -0.1) is 0 Å². The minimum absolute atomic E-state index is 0.0157. The van der Waals surface area contributed by atoms with E-state index in [4.69, 9.17) is 4.74 Å². The predicted molar refractivity (Wildman–Crippen MR) is 106 cm³/mol. The zero-order valence-corrected chi connectivity index (χ0v) is 15.4. The molecule has 3 atom stereocenters. The van der Waals surface area contributed by atoms with Crippen molar-refractivity contribution in [2.45, 2.75) is 56.8 Å². The van der Waals surface area contributed by atoms with Crippen LogP contribution in [0.15, 0.2) is 54.6 Å². The van der Waals surface area contributed by atoms with Gasteiger partial charge in [0.05, 0.1) is 7.06 Å². The van der Waals surface area contributed by atoms with E-state index < -0.39 is 6.02 Å². The molecule has 1 N–H and O–H groups in total. The Bertz CT molecular complexity index is 870. The van der Waals surface area contributed by atoms with Crippen LogP contribution < -0.4 is 10.2 Å². The molecular formula is C23H26N2O2. The van der Waals surface area contributed by atoms with Crippen molar-refractivity contribution >= 4 is 11.8 Å². The van der Waals surface area contributed by atoms with Crippen molar-refractivity contribution in [2.24, 2.45) is 5.92 Å². The van der Waals surface area contributed by atoms with Gasteiger partial charge in [-0.05, 0) is 48.8 Å². The summed E-state index contributed by atoms with van der Waals surface area (Å²) in [5.41, 5.74) is 2.71. The van der Waals surface area contributed by atoms with Crippen LogP contribution in [0.4, 0.5) is 10.5 Å². The van der Waals surface area contributed by atoms with E-state index in [2.05, 4.69) is 5.32 Å². The Morgan fingerprint density at radius 3 is 2.67 bits per heavy atom. The lowest BCUT2D eigenvalue weighted by Crippen LogP contribution is -2.51. The van der Waals surface area contributed by atoms with Gasteiger partial charge in [0.15, 0.2) is 0 Å². The molecule has 0 spiro atoms. The summed E-state index contributed by atoms with van der Waals surface area (Å²) in [7, 11) is 0. The highest BCUT2D eigenvalue weighted by molar-refractivity contribution is 5.90. The minimum Gasteiger partial charge on any atom is -0.444 e. The zero-order valence-electron chi connectivity index (χ0n) is 16.4. The van der Waals surface area contributed by atoms with Crippen molar-refractivity contribution in [3.8, 4) is 0 Å². The Hall–Kier alpha value is -2.33. The number of para-hydroxylation sites is 1. The molecule has 2 aromatic rings. The summed E-state index contributed by atoms with van der Waals surface area (Å²) >= 11 is 0. The molecule has 2 aromatic carbocycles. The number of fused-ring (bicyclic) bond motifs is 2. The third-order valence-electron chi connectivity index (χ3n) is 5.97. The average molecular weight is 363 g/mol. The van der Waals surface area contributed by atoms with Crippen LogP contribution >= 0.6 is 0 Å². The molecule has 0 bridgehead atoms. The summed E-state index contributed by atoms with van der Waals surface area (Å²) in [6.07, 6.45) is 4.91. The first-order valence-corrected chi connectivity index (χ1v) is 10.0. The Morgan fingerprint density at radius 1 is 1.07 bits per heavy atom. The number of carbonyl (C=O) groups excluding carboxylic acids is 1. The van der Waals surface area contributed by atoms with E-state index in [1.807, 2.05) is 59.5 Å². The lowest BCUT2D eigenvalue weighted by atomic mass is 9.83. The van der Waals surface area contributed by atoms with E-state index in [9.17, 15) is 6.17 Å². The molecule has 140 valence electrons. The van der Waals surface area contributed by atoms with E-state index in [0.717, 1.165) is 48.9 Å². The fourth-order valence-corrected chi connectivity index (χ4v) is 4.53. The second-order valence-corrected chi connectivity index (χ2v) is 7.86. The lowest BCUT2D eigenvalue weighted by molar-refractivity contribution is 0.140. The maximum atomic E-state index is 13.1. The number of hydrogen-bond donors (Lipinski definition) is 1. The van der Waals surface area contributed by atoms with E-state index in [-0.39, 0.29) is 24.7 Å². The van der Waals surface area contributed by atoms with Crippen molar-refractivity contribution < 1.29 is 10.9 Å². The SMILES string of the molecule is [2H]C1(NC2CC2)c2ccccc2N(C(=O)OCc2ccccc2)C2CCCC21. The Balaban J connectivity index is 1.47. The van der Waals surface area contributed by atoms with Gasteiger partial charge in [-0.3, -0.25) is 4.90 Å². The average Bonchev–Trinajstić information content (AvgIpc) is 3.39. The molecule has 1 heterocycles. The molecular weight excluding hydrogens is 336 g/mol. The molecule has 0 aromatic heterocycles. The highest BCUT2D eigenvalue weighted by atomic mass is 16.6. The quantitative estimate of drug-likeness (QED) is 0.848. The van der Waals surface area contributed by atoms with Crippen LogP contribution in [0.5, 0.6) is 0 Å². The van der Waals surface area contributed by atoms with Gasteiger partial charge in [0.25, 0.3) is 0 Å². The van der Waals surface area contributed by atoms with Crippen LogP contribution in [0.3, 0.4) is 0 Å². The van der Waals surface area contributed by atoms with Gasteiger partial charge >= 0.3 is 6.09 Å². The number of carbonyl (C=O) groups is 1. The zero-order chi connectivity index (χ0) is 19.1. The molecule has 27 heavy (non-hydrogen) atoms. The molecule has 3 aliphatic rings. The first-order valence-electron chi connectivity index (χ1n) is 10.5. The maximum Gasteiger partial charge on any atom is 0.414 e. The first kappa shape index (κ1) is 15.7. The van der Waals surface area contributed by atoms with Crippen LogP contribution in [0.2, 0.25) is 0 Å². The highest BCUT2D eigenvalue weighted by Crippen LogP contribution is 2.48. The molecule has 4 heteroatoms. The van der Waals surface area contributed by atoms with Crippen LogP contribution in [0, 0.1) is 5.92 Å². The summed E-state index contributed by atoms with van der Waals surface area (Å²) in [6.45, 7) is 0.266. The number of hydrogen-bond acceptors (Lipinski definition) is 3. The monoisotopic (exact) mass is 363 g/mol. The van der Waals surface area contributed by atoms with Gasteiger partial charge < -0.3 is 10.1 Å². The second kappa shape index (κ2) is 7.01. The highest BCUT2D eigenvalue weighted by Gasteiger charge is 2.47. The molecule has 0 saturated heterocycles. The van der Waals surface area contributed by atoms with E-state index in [1.165, 1.54) is 0 Å². The van der Waals surface area contributed by atoms with Gasteiger partial charge in [-0.25, -0.2) is 4.79 Å². The Labute approximate surface area is 161 Å². The van der Waals surface area contributed by atoms with Gasteiger partial charge in [-0.2, -0.15) is 0 Å². The molecule has 2 aliphatic carbocycles. The van der Waals surface area contributed by atoms with Crippen LogP contribution in [0.25, 0.3) is 0 Å². The van der Waals surface area contributed by atoms with Crippen molar-refractivity contribution in [1.29, 1.82) is 0 Å². The Kier molecular flexibility index (Phi) is 4.07. The number of rotatable bonds is 4. The predicted octanol–water partition coefficient (Wildman–Crippen LogP) is 4.81. The summed E-state index contributed by atoms with van der Waals surface area (Å²) in [5, 5.41) is 3.60. The molecule has 2 fully saturated rings. The van der Waals surface area contributed by atoms with Crippen LogP contribution in [-0.2, 0) is 11.3 Å². The second-order valence-electron chi connectivity index (χ2n) is 7.86. The molecule has 0 radical (unpaired) electrons. The van der Waals surface area contributed by atoms with Crippen molar-refractivity contribution in [1.82, 2.24) is 5.32 Å². The molecule has 1 amide bonds. The number of nitrogens with zero attached hydrogens (tertiary/aromatic N) is 1. The molecule has 1 aliphatic heterocycles. The third kappa shape index (κ3) is 3.23. The first-order chi connectivity index (χ1) is 13.7. The van der Waals surface area contributed by atoms with Gasteiger partial charge in [0, 0.05) is 18.1 Å². The van der Waals surface area contributed by atoms with E-state index >= 15 is 0 Å². The van der Waals surface area contributed by atoms with Gasteiger partial charge in [0.1, 0.15) is 6.61 Å². The van der Waals surface area contributed by atoms with Crippen molar-refractivity contribution in [2.75, 3.05) is 4.90 Å². The number of ether oxygens (including phenoxy) is 1. The summed E-state index contributed by atoms with van der Waals surface area (Å²) < 4.78 is 15.1. The summed E-state index contributed by atoms with van der Waals surface area (Å²) in [5.74, 6) is 0.0901. The fraction of sp³-hybridized carbons (Fsp3) is 0.435. The molecule has 4 nitrogen and oxygen atoms in total. The summed E-state index contributed by atoms with van der Waals surface area (Å²) in [6, 6.07) is 17.3. The standard InChI is InChI=1S/C23H26N2O2/c26-23(27-15-16-7-2-1-3-8-16)25-20-11-5-4-9-18(20)22(24-17-13-14-17)19-10-6-12-21(19)25/h1-5,7-9,11,17,19,21-22,24H,6,10,12-15H2/i22D. The Morgan fingerprint density at radius 2 is 1.85 bits per heavy atom. The summed E-state index contributed by atoms with van der Waals surface area (Å²) in [4.78, 5) is 15.0. The van der Waals surface area contributed by atoms with Crippen molar-refractivity contribution in [3.63, 3.8) is 0 Å². The number of nitrogens with one attached hydrogen (secondary N) is 1. The normalized spacial score (nSPS) is 29.6. The van der Waals surface area contributed by atoms with Crippen molar-refractivity contribution in [3.05, 3.63) is 65.7 Å². The van der Waals surface area contributed by atoms with E-state index in [1.54, 1.807) is 0 Å². The van der Waals surface area contributed by atoms with Gasteiger partial charge in [-0.1, -0.05) is 55.0 Å². The number of amides is 1. The smallest absolute Gasteiger partial charge is 0.414 e. The topological polar surface area (TPSA) is 41.6 Å². The number of anilines is 1. The lowest BCUT2D eigenvalue weighted by Gasteiger charge is -2.43. The van der Waals surface area contributed by atoms with Gasteiger partial charge in [0.2, 0.25) is 0 Å². The van der Waals surface area contributed by atoms with Crippen LogP contribution in [-0.4, -0.2) is 18.2 Å².